The van der Waals surface area contributed by atoms with E-state index in [0.29, 0.717) is 90.5 Å². The third-order valence-electron chi connectivity index (χ3n) is 10.4. The Morgan fingerprint density at radius 1 is 1.05 bits per heavy atom. The number of aromatic nitrogens is 2. The van der Waals surface area contributed by atoms with Crippen LogP contribution in [-0.4, -0.2) is 101 Å². The van der Waals surface area contributed by atoms with Gasteiger partial charge in [0.1, 0.15) is 17.6 Å². The van der Waals surface area contributed by atoms with Crippen molar-refractivity contribution in [2.24, 2.45) is 0 Å². The summed E-state index contributed by atoms with van der Waals surface area (Å²) >= 11 is 8.01. The lowest BCUT2D eigenvalue weighted by molar-refractivity contribution is -0.130. The second-order valence-electron chi connectivity index (χ2n) is 14.6. The van der Waals surface area contributed by atoms with Gasteiger partial charge in [-0.25, -0.2) is 9.78 Å². The van der Waals surface area contributed by atoms with Crippen LogP contribution in [0.1, 0.15) is 55.8 Å². The Labute approximate surface area is 356 Å². The number of methoxy groups -OCH3 is 1. The Hall–Kier alpha value is -5.52. The number of fused-ring (bicyclic) bond motifs is 1. The number of aliphatic hydroxyl groups excluding tert-OH is 1. The lowest BCUT2D eigenvalue weighted by Gasteiger charge is -2.31. The van der Waals surface area contributed by atoms with Gasteiger partial charge in [-0.1, -0.05) is 48.0 Å². The number of anilines is 2. The number of hydrogen-bond acceptors (Lipinski definition) is 12. The molecule has 318 valence electrons. The number of thiazole rings is 1. The molecule has 6 N–H and O–H groups in total. The Balaban J connectivity index is 0.855. The van der Waals surface area contributed by atoms with Crippen molar-refractivity contribution in [2.75, 3.05) is 57.5 Å². The first-order valence-corrected chi connectivity index (χ1v) is 21.1. The molecule has 2 aromatic heterocycles. The lowest BCUT2D eigenvalue weighted by Crippen LogP contribution is -2.40. The van der Waals surface area contributed by atoms with Crippen LogP contribution in [0.25, 0.3) is 21.3 Å². The molecular formula is C43H50ClN7O8S. The summed E-state index contributed by atoms with van der Waals surface area (Å²) in [5.74, 6) is 0.712. The van der Waals surface area contributed by atoms with Gasteiger partial charge < -0.3 is 45.1 Å². The summed E-state index contributed by atoms with van der Waals surface area (Å²) in [5.41, 5.74) is 4.23. The number of amides is 3. The first-order valence-electron chi connectivity index (χ1n) is 19.8. The van der Waals surface area contributed by atoms with E-state index in [1.807, 2.05) is 30.3 Å². The van der Waals surface area contributed by atoms with E-state index >= 15 is 0 Å². The van der Waals surface area contributed by atoms with Crippen LogP contribution in [0, 0.1) is 0 Å². The molecule has 17 heteroatoms. The van der Waals surface area contributed by atoms with Gasteiger partial charge in [0.15, 0.2) is 5.82 Å². The van der Waals surface area contributed by atoms with Crippen molar-refractivity contribution in [3.05, 3.63) is 98.7 Å². The summed E-state index contributed by atoms with van der Waals surface area (Å²) in [6, 6.07) is 19.0. The van der Waals surface area contributed by atoms with Gasteiger partial charge in [0.05, 0.1) is 39.8 Å². The van der Waals surface area contributed by atoms with Crippen LogP contribution in [-0.2, 0) is 20.9 Å². The number of nitrogens with zero attached hydrogens (tertiary/aromatic N) is 3. The number of piperidine rings is 1. The molecule has 6 rings (SSSR count). The highest BCUT2D eigenvalue weighted by Gasteiger charge is 2.24. The number of benzene rings is 3. The maximum absolute atomic E-state index is 12.9. The SMILES string of the molecule is COc1cc(NC(=O)CCCCN(C)C(=O)CCN2CCC(OC(=O)Nc3ncsc3-c3ccccc3)CC2)c(Cl)cc1CNC[C@H](O)c1ccc(O)c2[nH]c(=O)ccc12. The third-order valence-corrected chi connectivity index (χ3v) is 11.6. The molecule has 1 aliphatic heterocycles. The Morgan fingerprint density at radius 2 is 1.83 bits per heavy atom. The molecule has 0 radical (unpaired) electrons. The molecule has 0 unspecified atom stereocenters. The maximum Gasteiger partial charge on any atom is 0.413 e. The van der Waals surface area contributed by atoms with Crippen molar-refractivity contribution in [3.63, 3.8) is 0 Å². The third kappa shape index (κ3) is 11.8. The van der Waals surface area contributed by atoms with Crippen LogP contribution in [0.3, 0.4) is 0 Å². The number of rotatable bonds is 18. The predicted molar refractivity (Wildman–Crippen MR) is 233 cm³/mol. The van der Waals surface area contributed by atoms with Crippen molar-refractivity contribution >= 4 is 63.3 Å². The number of nitrogens with one attached hydrogen (secondary N) is 4. The monoisotopic (exact) mass is 859 g/mol. The summed E-state index contributed by atoms with van der Waals surface area (Å²) in [5, 5.41) is 30.7. The Bertz CT molecular complexity index is 2320. The fourth-order valence-corrected chi connectivity index (χ4v) is 8.08. The van der Waals surface area contributed by atoms with Gasteiger partial charge in [-0.2, -0.15) is 0 Å². The number of ether oxygens (including phenoxy) is 2. The highest BCUT2D eigenvalue weighted by Crippen LogP contribution is 2.33. The number of carbonyl (C=O) groups excluding carboxylic acids is 3. The number of hydrogen-bond donors (Lipinski definition) is 6. The van der Waals surface area contributed by atoms with E-state index in [1.165, 1.54) is 30.6 Å². The molecule has 3 heterocycles. The van der Waals surface area contributed by atoms with Crippen molar-refractivity contribution in [1.82, 2.24) is 25.1 Å². The fraction of sp³-hybridized carbons (Fsp3) is 0.372. The van der Waals surface area contributed by atoms with Crippen molar-refractivity contribution in [1.29, 1.82) is 0 Å². The standard InChI is InChI=1S/C43H50ClN7O8S/c1-50(39(56)17-21-51-19-15-29(16-20-51)59-43(57)49-42-41(60-26-46-42)27-8-4-3-5-9-27)18-7-6-10-37(54)47-33-23-36(58-2)28(22-32(33)44)24-45-25-35(53)30-11-13-34(52)40-31(30)12-14-38(55)48-40/h3-5,8-9,11-14,22-23,26,29,35,45,52-53H,6-7,10,15-21,24-25H2,1-2H3,(H,47,54)(H,48,55)(H,49,57)/t35-/m0/s1. The molecular weight excluding hydrogens is 810 g/mol. The molecule has 3 aromatic carbocycles. The summed E-state index contributed by atoms with van der Waals surface area (Å²) in [6.07, 6.45) is 1.53. The minimum absolute atomic E-state index is 0.0315. The zero-order valence-electron chi connectivity index (χ0n) is 33.5. The number of aromatic amines is 1. The Morgan fingerprint density at radius 3 is 2.60 bits per heavy atom. The molecule has 1 fully saturated rings. The van der Waals surface area contributed by atoms with Crippen molar-refractivity contribution in [2.45, 2.75) is 57.3 Å². The van der Waals surface area contributed by atoms with Crippen LogP contribution in [0.4, 0.5) is 16.3 Å². The van der Waals surface area contributed by atoms with Gasteiger partial charge in [-0.05, 0) is 55.0 Å². The maximum atomic E-state index is 12.9. The fourth-order valence-electron chi connectivity index (χ4n) is 7.10. The molecule has 0 saturated carbocycles. The van der Waals surface area contributed by atoms with E-state index in [1.54, 1.807) is 41.7 Å². The molecule has 0 bridgehead atoms. The van der Waals surface area contributed by atoms with Gasteiger partial charge in [-0.15, -0.1) is 11.3 Å². The number of aliphatic hydroxyl groups is 1. The smallest absolute Gasteiger partial charge is 0.413 e. The van der Waals surface area contributed by atoms with Gasteiger partial charge in [0.2, 0.25) is 17.4 Å². The molecule has 0 spiro atoms. The molecule has 1 aliphatic rings. The van der Waals surface area contributed by atoms with Gasteiger partial charge >= 0.3 is 6.09 Å². The number of aromatic hydroxyl groups is 1. The predicted octanol–water partition coefficient (Wildman–Crippen LogP) is 6.51. The quantitative estimate of drug-likeness (QED) is 0.0525. The second-order valence-corrected chi connectivity index (χ2v) is 15.9. The molecule has 1 saturated heterocycles. The highest BCUT2D eigenvalue weighted by atomic mass is 35.5. The number of halogens is 1. The van der Waals surface area contributed by atoms with E-state index in [-0.39, 0.29) is 47.7 Å². The number of pyridine rings is 1. The largest absolute Gasteiger partial charge is 0.506 e. The number of likely N-dealkylation sites (tertiary alicyclic amines) is 1. The first kappa shape index (κ1) is 44.0. The van der Waals surface area contributed by atoms with Gasteiger partial charge in [-0.3, -0.25) is 19.7 Å². The van der Waals surface area contributed by atoms with Gasteiger partial charge in [0.25, 0.3) is 0 Å². The summed E-state index contributed by atoms with van der Waals surface area (Å²) in [4.78, 5) is 61.8. The molecule has 3 amide bonds. The first-order chi connectivity index (χ1) is 29.0. The topological polar surface area (TPSA) is 198 Å². The van der Waals surface area contributed by atoms with Gasteiger partial charge in [0, 0.05) is 82.2 Å². The average Bonchev–Trinajstić information content (AvgIpc) is 3.71. The average molecular weight is 860 g/mol. The minimum Gasteiger partial charge on any atom is -0.506 e. The van der Waals surface area contributed by atoms with E-state index in [9.17, 15) is 29.4 Å². The van der Waals surface area contributed by atoms with Crippen LogP contribution >= 0.6 is 22.9 Å². The highest BCUT2D eigenvalue weighted by molar-refractivity contribution is 7.13. The van der Waals surface area contributed by atoms with E-state index in [0.717, 1.165) is 23.5 Å². The van der Waals surface area contributed by atoms with Crippen LogP contribution in [0.5, 0.6) is 11.5 Å². The number of phenolic OH excluding ortho intramolecular Hbond substituents is 1. The molecule has 60 heavy (non-hydrogen) atoms. The molecule has 1 atom stereocenters. The minimum atomic E-state index is -0.944. The summed E-state index contributed by atoms with van der Waals surface area (Å²) in [6.45, 7) is 3.04. The zero-order chi connectivity index (χ0) is 42.6. The Kier molecular flexibility index (Phi) is 15.5. The number of carbonyl (C=O) groups is 3. The normalized spacial score (nSPS) is 13.8. The number of unbranched alkanes of at least 4 members (excludes halogenated alkanes) is 1. The van der Waals surface area contributed by atoms with Crippen molar-refractivity contribution < 1.29 is 34.1 Å². The van der Waals surface area contributed by atoms with E-state index in [2.05, 4.69) is 30.8 Å². The number of phenols is 1. The van der Waals surface area contributed by atoms with Crippen LogP contribution in [0.15, 0.2) is 77.0 Å². The second kappa shape index (κ2) is 21.1. The molecule has 15 nitrogen and oxygen atoms in total. The molecule has 5 aromatic rings. The summed E-state index contributed by atoms with van der Waals surface area (Å²) in [7, 11) is 3.29. The zero-order valence-corrected chi connectivity index (χ0v) is 35.1. The van der Waals surface area contributed by atoms with Crippen LogP contribution in [0.2, 0.25) is 5.02 Å². The number of H-pyrrole nitrogens is 1. The molecule has 0 aliphatic carbocycles. The van der Waals surface area contributed by atoms with Crippen molar-refractivity contribution in [3.8, 4) is 21.9 Å². The lowest BCUT2D eigenvalue weighted by atomic mass is 10.0. The van der Waals surface area contributed by atoms with E-state index in [4.69, 9.17) is 21.1 Å². The van der Waals surface area contributed by atoms with E-state index < -0.39 is 12.2 Å². The van der Waals surface area contributed by atoms with Crippen LogP contribution < -0.4 is 26.2 Å². The summed E-state index contributed by atoms with van der Waals surface area (Å²) < 4.78 is 11.3.